The van der Waals surface area contributed by atoms with Gasteiger partial charge < -0.3 is 10.0 Å². The molecule has 3 heteroatoms. The Morgan fingerprint density at radius 1 is 1.60 bits per heavy atom. The van der Waals surface area contributed by atoms with Crippen LogP contribution in [0.3, 0.4) is 0 Å². The molecule has 0 aromatic heterocycles. The normalized spacial score (nSPS) is 26.0. The molecule has 1 heterocycles. The Labute approximate surface area is 60.7 Å². The third kappa shape index (κ3) is 1.19. The predicted molar refractivity (Wildman–Crippen MR) is 40.6 cm³/mol. The van der Waals surface area contributed by atoms with Gasteiger partial charge in [0.2, 0.25) is 6.35 Å². The summed E-state index contributed by atoms with van der Waals surface area (Å²) in [6.07, 6.45) is 1.19. The molecule has 0 aromatic carbocycles. The molecule has 1 N–H and O–H groups in total. The molecule has 0 amide bonds. The summed E-state index contributed by atoms with van der Waals surface area (Å²) in [5.41, 5.74) is 2.01. The van der Waals surface area contributed by atoms with Crippen LogP contribution < -0.4 is 0 Å². The van der Waals surface area contributed by atoms with Gasteiger partial charge in [0.25, 0.3) is 0 Å². The van der Waals surface area contributed by atoms with Gasteiger partial charge in [0.15, 0.2) is 0 Å². The lowest BCUT2D eigenvalue weighted by molar-refractivity contribution is 0.0610. The first-order chi connectivity index (χ1) is 4.61. The van der Waals surface area contributed by atoms with Crippen LogP contribution in [0, 0.1) is 0 Å². The van der Waals surface area contributed by atoms with Crippen molar-refractivity contribution in [1.29, 1.82) is 0 Å². The molecule has 1 atom stereocenters. The van der Waals surface area contributed by atoms with E-state index in [1.54, 1.807) is 11.9 Å². The van der Waals surface area contributed by atoms with Crippen molar-refractivity contribution in [2.75, 3.05) is 7.05 Å². The van der Waals surface area contributed by atoms with E-state index >= 15 is 0 Å². The van der Waals surface area contributed by atoms with Gasteiger partial charge >= 0.3 is 0 Å². The highest BCUT2D eigenvalue weighted by atomic mass is 16.3. The smallest absolute Gasteiger partial charge is 0.225 e. The van der Waals surface area contributed by atoms with Crippen molar-refractivity contribution < 1.29 is 5.11 Å². The van der Waals surface area contributed by atoms with Gasteiger partial charge in [-0.1, -0.05) is 0 Å². The third-order valence-electron chi connectivity index (χ3n) is 1.64. The van der Waals surface area contributed by atoms with E-state index in [1.165, 1.54) is 0 Å². The van der Waals surface area contributed by atoms with Gasteiger partial charge in [0, 0.05) is 19.0 Å². The first-order valence-electron chi connectivity index (χ1n) is 3.24. The van der Waals surface area contributed by atoms with Gasteiger partial charge in [0.1, 0.15) is 0 Å². The van der Waals surface area contributed by atoms with Crippen LogP contribution in [-0.2, 0) is 0 Å². The Hall–Kier alpha value is -0.830. The maximum absolute atomic E-state index is 9.16. The van der Waals surface area contributed by atoms with Crippen molar-refractivity contribution in [2.24, 2.45) is 4.99 Å². The zero-order chi connectivity index (χ0) is 7.72. The molecular weight excluding hydrogens is 128 g/mol. The molecule has 0 aliphatic carbocycles. The number of aliphatic hydroxyl groups excluding tert-OH is 1. The summed E-state index contributed by atoms with van der Waals surface area (Å²) in [5.74, 6) is 0. The van der Waals surface area contributed by atoms with Gasteiger partial charge in [-0.3, -0.25) is 0 Å². The van der Waals surface area contributed by atoms with E-state index in [1.807, 2.05) is 20.0 Å². The maximum atomic E-state index is 9.16. The summed E-state index contributed by atoms with van der Waals surface area (Å²) in [7, 11) is 1.80. The molecule has 0 bridgehead atoms. The van der Waals surface area contributed by atoms with E-state index in [0.717, 1.165) is 11.3 Å². The summed E-state index contributed by atoms with van der Waals surface area (Å²) in [4.78, 5) is 5.64. The van der Waals surface area contributed by atoms with Crippen LogP contribution >= 0.6 is 0 Å². The van der Waals surface area contributed by atoms with E-state index in [9.17, 15) is 0 Å². The van der Waals surface area contributed by atoms with Crippen LogP contribution in [-0.4, -0.2) is 29.1 Å². The molecule has 0 spiro atoms. The maximum Gasteiger partial charge on any atom is 0.225 e. The molecule has 0 radical (unpaired) electrons. The quantitative estimate of drug-likeness (QED) is 0.534. The fourth-order valence-electron chi connectivity index (χ4n) is 0.832. The molecule has 3 nitrogen and oxygen atoms in total. The minimum Gasteiger partial charge on any atom is -0.355 e. The minimum atomic E-state index is -0.691. The van der Waals surface area contributed by atoms with Crippen molar-refractivity contribution in [3.8, 4) is 0 Å². The first-order valence-corrected chi connectivity index (χ1v) is 3.24. The van der Waals surface area contributed by atoms with Crippen molar-refractivity contribution in [3.05, 3.63) is 11.8 Å². The van der Waals surface area contributed by atoms with Gasteiger partial charge in [-0.15, -0.1) is 0 Å². The molecule has 1 aliphatic rings. The number of rotatable bonds is 0. The third-order valence-corrected chi connectivity index (χ3v) is 1.64. The Bertz CT molecular complexity index is 174. The highest BCUT2D eigenvalue weighted by Crippen LogP contribution is 2.09. The topological polar surface area (TPSA) is 35.8 Å². The Kier molecular flexibility index (Phi) is 1.76. The second-order valence-electron chi connectivity index (χ2n) is 2.54. The highest BCUT2D eigenvalue weighted by molar-refractivity contribution is 5.98. The van der Waals surface area contributed by atoms with Crippen molar-refractivity contribution in [1.82, 2.24) is 4.90 Å². The van der Waals surface area contributed by atoms with E-state index in [-0.39, 0.29) is 0 Å². The average molecular weight is 140 g/mol. The summed E-state index contributed by atoms with van der Waals surface area (Å²) < 4.78 is 0. The van der Waals surface area contributed by atoms with Gasteiger partial charge in [-0.2, -0.15) is 0 Å². The second-order valence-corrected chi connectivity index (χ2v) is 2.54. The fourth-order valence-corrected chi connectivity index (χ4v) is 0.832. The Morgan fingerprint density at radius 3 is 2.70 bits per heavy atom. The van der Waals surface area contributed by atoms with E-state index < -0.39 is 6.35 Å². The molecule has 1 rings (SSSR count). The lowest BCUT2D eigenvalue weighted by atomic mass is 10.2. The van der Waals surface area contributed by atoms with Crippen LogP contribution in [0.5, 0.6) is 0 Å². The molecule has 1 aliphatic heterocycles. The lowest BCUT2D eigenvalue weighted by Gasteiger charge is -2.23. The number of aliphatic hydroxyl groups is 1. The average Bonchev–Trinajstić information content (AvgIpc) is 1.84. The van der Waals surface area contributed by atoms with Gasteiger partial charge in [0.05, 0.1) is 0 Å². The second kappa shape index (κ2) is 2.42. The summed E-state index contributed by atoms with van der Waals surface area (Å²) in [6, 6.07) is 0. The molecule has 0 saturated carbocycles. The van der Waals surface area contributed by atoms with Crippen LogP contribution in [0.4, 0.5) is 0 Å². The number of hydrogen-bond donors (Lipinski definition) is 1. The lowest BCUT2D eigenvalue weighted by Crippen LogP contribution is -2.29. The predicted octanol–water partition coefficient (Wildman–Crippen LogP) is 0.572. The minimum absolute atomic E-state index is 0.691. The zero-order valence-corrected chi connectivity index (χ0v) is 6.50. The van der Waals surface area contributed by atoms with Crippen molar-refractivity contribution >= 4 is 5.71 Å². The Balaban J connectivity index is 2.83. The van der Waals surface area contributed by atoms with E-state index in [0.29, 0.717) is 0 Å². The van der Waals surface area contributed by atoms with Gasteiger partial charge in [-0.05, 0) is 19.4 Å². The molecular formula is C7H12N2O. The monoisotopic (exact) mass is 140 g/mol. The molecule has 0 fully saturated rings. The van der Waals surface area contributed by atoms with Crippen LogP contribution in [0.25, 0.3) is 0 Å². The van der Waals surface area contributed by atoms with Gasteiger partial charge in [-0.25, -0.2) is 4.99 Å². The molecule has 1 unspecified atom stereocenters. The van der Waals surface area contributed by atoms with Crippen molar-refractivity contribution in [2.45, 2.75) is 20.2 Å². The summed E-state index contributed by atoms with van der Waals surface area (Å²) in [6.45, 7) is 3.86. The first kappa shape index (κ1) is 7.28. The zero-order valence-electron chi connectivity index (χ0n) is 6.50. The summed E-state index contributed by atoms with van der Waals surface area (Å²) in [5, 5.41) is 9.16. The molecule has 10 heavy (non-hydrogen) atoms. The van der Waals surface area contributed by atoms with Crippen LogP contribution in [0.2, 0.25) is 0 Å². The Morgan fingerprint density at radius 2 is 2.20 bits per heavy atom. The molecule has 0 aromatic rings. The van der Waals surface area contributed by atoms with Crippen LogP contribution in [0.15, 0.2) is 16.8 Å². The number of aliphatic imine (C=N–C) groups is 1. The highest BCUT2D eigenvalue weighted by Gasteiger charge is 2.11. The molecule has 56 valence electrons. The van der Waals surface area contributed by atoms with Crippen molar-refractivity contribution in [3.63, 3.8) is 0 Å². The fraction of sp³-hybridized carbons (Fsp3) is 0.571. The van der Waals surface area contributed by atoms with Crippen LogP contribution in [0.1, 0.15) is 13.8 Å². The number of allylic oxidation sites excluding steroid dienone is 1. The number of hydrogen-bond acceptors (Lipinski definition) is 3. The summed E-state index contributed by atoms with van der Waals surface area (Å²) >= 11 is 0. The number of nitrogens with zero attached hydrogens (tertiary/aromatic N) is 2. The largest absolute Gasteiger partial charge is 0.355 e. The standard InChI is InChI=1S/C7H12N2O/c1-5-4-9(3)7(10)8-6(5)2/h4,7,10H,1-3H3. The molecule has 0 saturated heterocycles. The van der Waals surface area contributed by atoms with E-state index in [4.69, 9.17) is 5.11 Å². The van der Waals surface area contributed by atoms with E-state index in [2.05, 4.69) is 4.99 Å². The SMILES string of the molecule is CC1=CN(C)C(O)N=C1C.